The molecule has 0 spiro atoms. The van der Waals surface area contributed by atoms with Crippen molar-refractivity contribution in [3.8, 4) is 29.0 Å². The highest BCUT2D eigenvalue weighted by atomic mass is 35.5. The first kappa shape index (κ1) is 28.0. The van der Waals surface area contributed by atoms with E-state index < -0.39 is 16.0 Å². The number of rotatable bonds is 7. The number of phenolic OH excluding ortho intramolecular Hbond substituents is 1. The van der Waals surface area contributed by atoms with Crippen LogP contribution in [-0.4, -0.2) is 39.0 Å². The summed E-state index contributed by atoms with van der Waals surface area (Å²) in [5.41, 5.74) is -0.352. The van der Waals surface area contributed by atoms with Crippen LogP contribution in [-0.2, 0) is 0 Å². The maximum Gasteiger partial charge on any atom is 0.573 e. The molecule has 0 aliphatic carbocycles. The van der Waals surface area contributed by atoms with E-state index in [9.17, 15) is 27.9 Å². The Balaban J connectivity index is 2.31. The smallest absolute Gasteiger partial charge is 0.504 e. The normalized spacial score (nSPS) is 11.8. The average Bonchev–Trinajstić information content (AvgIpc) is 3.07. The van der Waals surface area contributed by atoms with Crippen LogP contribution >= 0.6 is 58.2 Å². The van der Waals surface area contributed by atoms with E-state index in [0.717, 1.165) is 21.4 Å². The standard InChI is InChI=1S/C20H10Cl4F4N4O3S/c1-31(9-3-4-14(33)15(5-9)34-2)18-17(36-19(23,24)25)13(8-29)30-32(18)16-11(21)6-10(7-12(16)22)35-20(26,27)28/h3-7H,1H2,2H3/p+1. The Morgan fingerprint density at radius 3 is 2.28 bits per heavy atom. The summed E-state index contributed by atoms with van der Waals surface area (Å²) in [6.07, 6.45) is -5.02. The van der Waals surface area contributed by atoms with Crippen LogP contribution in [0.1, 0.15) is 5.69 Å². The molecule has 0 saturated heterocycles. The molecule has 0 saturated carbocycles. The predicted molar refractivity (Wildman–Crippen MR) is 130 cm³/mol. The van der Waals surface area contributed by atoms with Crippen LogP contribution in [0.2, 0.25) is 10.0 Å². The van der Waals surface area contributed by atoms with Gasteiger partial charge in [-0.05, 0) is 23.9 Å². The summed E-state index contributed by atoms with van der Waals surface area (Å²) < 4.78 is 60.4. The van der Waals surface area contributed by atoms with Crippen molar-refractivity contribution in [2.75, 3.05) is 7.11 Å². The van der Waals surface area contributed by atoms with Crippen molar-refractivity contribution in [3.05, 3.63) is 46.1 Å². The van der Waals surface area contributed by atoms with E-state index in [1.165, 1.54) is 25.3 Å². The van der Waals surface area contributed by atoms with Gasteiger partial charge in [0.1, 0.15) is 22.4 Å². The van der Waals surface area contributed by atoms with E-state index in [1.54, 1.807) is 6.07 Å². The Hall–Kier alpha value is -2.56. The predicted octanol–water partition coefficient (Wildman–Crippen LogP) is 7.35. The summed E-state index contributed by atoms with van der Waals surface area (Å²) >= 11 is 23.7. The van der Waals surface area contributed by atoms with Gasteiger partial charge in [0.2, 0.25) is 5.69 Å². The number of halogens is 8. The number of hydrogen-bond acceptors (Lipinski definition) is 6. The first-order valence-corrected chi connectivity index (χ1v) is 11.5. The third-order valence-electron chi connectivity index (χ3n) is 4.31. The van der Waals surface area contributed by atoms with E-state index in [0.29, 0.717) is 0 Å². The highest BCUT2D eigenvalue weighted by molar-refractivity contribution is 8.03. The molecule has 1 aromatic heterocycles. The van der Waals surface area contributed by atoms with Crippen LogP contribution in [0.15, 0.2) is 35.2 Å². The fourth-order valence-corrected chi connectivity index (χ4v) is 4.76. The SMILES string of the molecule is C=[N+](c1ccc(O)c(OC)c1)c1c(SC(F)(Cl)Cl)c(C#N)nn1-c1c(Cl)cc(OC(F)(F)F)cc1Cl. The molecule has 0 fully saturated rings. The zero-order valence-corrected chi connectivity index (χ0v) is 21.4. The van der Waals surface area contributed by atoms with Crippen molar-refractivity contribution in [2.24, 2.45) is 0 Å². The van der Waals surface area contributed by atoms with E-state index in [1.807, 2.05) is 0 Å². The summed E-state index contributed by atoms with van der Waals surface area (Å²) in [5, 5.41) is 22.9. The van der Waals surface area contributed by atoms with Gasteiger partial charge < -0.3 is 14.6 Å². The van der Waals surface area contributed by atoms with Crippen molar-refractivity contribution in [1.82, 2.24) is 14.4 Å². The lowest BCUT2D eigenvalue weighted by molar-refractivity contribution is -0.274. The minimum absolute atomic E-state index is 0.0427. The zero-order valence-electron chi connectivity index (χ0n) is 17.6. The maximum absolute atomic E-state index is 14.3. The Morgan fingerprint density at radius 1 is 1.17 bits per heavy atom. The van der Waals surface area contributed by atoms with Gasteiger partial charge in [0.25, 0.3) is 0 Å². The van der Waals surface area contributed by atoms with Crippen molar-refractivity contribution >= 4 is 76.4 Å². The van der Waals surface area contributed by atoms with Gasteiger partial charge in [-0.1, -0.05) is 56.2 Å². The van der Waals surface area contributed by atoms with Gasteiger partial charge in [0.15, 0.2) is 17.2 Å². The summed E-state index contributed by atoms with van der Waals surface area (Å²) in [5.74, 6) is -1.03. The monoisotopic (exact) mass is 603 g/mol. The molecular formula is C20H11Cl4F4N4O3S+. The van der Waals surface area contributed by atoms with Gasteiger partial charge in [-0.2, -0.15) is 9.65 Å². The number of thioether (sulfide) groups is 1. The summed E-state index contributed by atoms with van der Waals surface area (Å²) in [4.78, 5) is -0.213. The number of aromatic hydroxyl groups is 1. The van der Waals surface area contributed by atoms with Gasteiger partial charge in [-0.15, -0.1) is 13.2 Å². The molecule has 190 valence electrons. The molecule has 1 heterocycles. The number of phenols is 1. The van der Waals surface area contributed by atoms with Crippen LogP contribution < -0.4 is 14.0 Å². The lowest BCUT2D eigenvalue weighted by atomic mass is 10.2. The van der Waals surface area contributed by atoms with Crippen molar-refractivity contribution in [1.29, 1.82) is 5.26 Å². The van der Waals surface area contributed by atoms with Crippen molar-refractivity contribution < 1.29 is 32.1 Å². The van der Waals surface area contributed by atoms with E-state index in [4.69, 9.17) is 51.1 Å². The van der Waals surface area contributed by atoms with Crippen LogP contribution in [0.4, 0.5) is 29.1 Å². The van der Waals surface area contributed by atoms with Gasteiger partial charge in [0, 0.05) is 18.2 Å². The highest BCUT2D eigenvalue weighted by Crippen LogP contribution is 2.48. The molecule has 0 aliphatic heterocycles. The van der Waals surface area contributed by atoms with Gasteiger partial charge in [-0.25, -0.2) is 4.58 Å². The molecule has 0 radical (unpaired) electrons. The number of alkyl halides is 6. The highest BCUT2D eigenvalue weighted by Gasteiger charge is 2.39. The number of ether oxygens (including phenoxy) is 2. The molecule has 3 rings (SSSR count). The lowest BCUT2D eigenvalue weighted by Crippen LogP contribution is -2.17. The number of methoxy groups -OCH3 is 1. The Labute approximate surface area is 224 Å². The number of nitrogens with zero attached hydrogens (tertiary/aromatic N) is 4. The molecule has 7 nitrogen and oxygen atoms in total. The largest absolute Gasteiger partial charge is 0.573 e. The lowest BCUT2D eigenvalue weighted by Gasteiger charge is -2.13. The zero-order chi connectivity index (χ0) is 27.0. The number of nitriles is 1. The van der Waals surface area contributed by atoms with E-state index in [2.05, 4.69) is 16.6 Å². The minimum Gasteiger partial charge on any atom is -0.504 e. The fourth-order valence-electron chi connectivity index (χ4n) is 2.96. The molecule has 0 aliphatic rings. The summed E-state index contributed by atoms with van der Waals surface area (Å²) in [7, 11) is 1.30. The number of hydrogen-bond donors (Lipinski definition) is 1. The maximum atomic E-state index is 14.3. The molecule has 3 aromatic rings. The van der Waals surface area contributed by atoms with Crippen LogP contribution in [0.25, 0.3) is 5.69 Å². The van der Waals surface area contributed by atoms with Crippen molar-refractivity contribution in [3.63, 3.8) is 0 Å². The first-order valence-electron chi connectivity index (χ1n) is 9.16. The van der Waals surface area contributed by atoms with Gasteiger partial charge >= 0.3 is 16.1 Å². The molecule has 1 N–H and O–H groups in total. The molecule has 0 atom stereocenters. The number of benzene rings is 2. The molecule has 16 heteroatoms. The Morgan fingerprint density at radius 2 is 1.78 bits per heavy atom. The Kier molecular flexibility index (Phi) is 8.12. The molecular weight excluding hydrogens is 594 g/mol. The quantitative estimate of drug-likeness (QED) is 0.0998. The molecule has 36 heavy (non-hydrogen) atoms. The first-order chi connectivity index (χ1) is 16.6. The van der Waals surface area contributed by atoms with Crippen LogP contribution in [0, 0.1) is 11.3 Å². The van der Waals surface area contributed by atoms with Crippen LogP contribution in [0.3, 0.4) is 0 Å². The van der Waals surface area contributed by atoms with E-state index >= 15 is 0 Å². The average molecular weight is 605 g/mol. The fraction of sp³-hybridized carbons (Fsp3) is 0.150. The van der Waals surface area contributed by atoms with Crippen LogP contribution in [0.5, 0.6) is 17.2 Å². The molecule has 0 unspecified atom stereocenters. The third kappa shape index (κ3) is 6.22. The van der Waals surface area contributed by atoms with E-state index in [-0.39, 0.29) is 61.1 Å². The summed E-state index contributed by atoms with van der Waals surface area (Å²) in [6.45, 7) is 3.88. The third-order valence-corrected chi connectivity index (χ3v) is 6.16. The second kappa shape index (κ2) is 10.4. The second-order valence-corrected chi connectivity index (χ2v) is 10.3. The van der Waals surface area contributed by atoms with Gasteiger partial charge in [-0.3, -0.25) is 0 Å². The molecule has 2 aromatic carbocycles. The topological polar surface area (TPSA) is 83.3 Å². The molecule has 0 bridgehead atoms. The minimum atomic E-state index is -5.02. The Bertz CT molecular complexity index is 1360. The number of aromatic nitrogens is 2. The summed E-state index contributed by atoms with van der Waals surface area (Å²) in [6, 6.07) is 7.42. The van der Waals surface area contributed by atoms with Crippen molar-refractivity contribution in [2.45, 2.75) is 15.2 Å². The molecule has 0 amide bonds. The second-order valence-electron chi connectivity index (χ2n) is 6.64. The van der Waals surface area contributed by atoms with Gasteiger partial charge in [0.05, 0.1) is 23.9 Å².